The molecule has 0 aliphatic carbocycles. The van der Waals surface area contributed by atoms with Crippen molar-refractivity contribution in [2.75, 3.05) is 39.8 Å². The van der Waals surface area contributed by atoms with Gasteiger partial charge >= 0.3 is 5.97 Å². The summed E-state index contributed by atoms with van der Waals surface area (Å²) in [6, 6.07) is 8.44. The Balaban J connectivity index is 1.94. The van der Waals surface area contributed by atoms with Gasteiger partial charge in [-0.15, -0.1) is 0 Å². The average molecular weight is 278 g/mol. The first-order valence-corrected chi connectivity index (χ1v) is 6.92. The number of piperazine rings is 1. The van der Waals surface area contributed by atoms with Crippen LogP contribution in [0.2, 0.25) is 0 Å². The van der Waals surface area contributed by atoms with Gasteiger partial charge in [0.15, 0.2) is 0 Å². The van der Waals surface area contributed by atoms with E-state index in [0.29, 0.717) is 6.04 Å². The maximum atomic E-state index is 10.7. The molecule has 110 valence electrons. The van der Waals surface area contributed by atoms with Gasteiger partial charge in [-0.25, -0.2) is 0 Å². The number of methoxy groups -OCH3 is 1. The van der Waals surface area contributed by atoms with E-state index in [4.69, 9.17) is 9.84 Å². The van der Waals surface area contributed by atoms with E-state index in [-0.39, 0.29) is 6.54 Å². The first-order valence-electron chi connectivity index (χ1n) is 6.92. The van der Waals surface area contributed by atoms with Crippen LogP contribution >= 0.6 is 0 Å². The topological polar surface area (TPSA) is 53.0 Å². The molecule has 0 amide bonds. The van der Waals surface area contributed by atoms with Gasteiger partial charge in [-0.05, 0) is 24.6 Å². The molecule has 5 nitrogen and oxygen atoms in total. The number of benzene rings is 1. The normalized spacial score (nSPS) is 18.7. The van der Waals surface area contributed by atoms with Gasteiger partial charge in [0.05, 0.1) is 13.7 Å². The molecule has 5 heteroatoms. The van der Waals surface area contributed by atoms with Crippen LogP contribution < -0.4 is 4.74 Å². The van der Waals surface area contributed by atoms with Gasteiger partial charge in [0.2, 0.25) is 0 Å². The summed E-state index contributed by atoms with van der Waals surface area (Å²) in [5.41, 5.74) is 1.23. The quantitative estimate of drug-likeness (QED) is 0.883. The van der Waals surface area contributed by atoms with E-state index in [0.717, 1.165) is 31.9 Å². The second kappa shape index (κ2) is 6.72. The first kappa shape index (κ1) is 14.8. The van der Waals surface area contributed by atoms with Crippen molar-refractivity contribution in [2.24, 2.45) is 0 Å². The third-order valence-corrected chi connectivity index (χ3v) is 3.89. The van der Waals surface area contributed by atoms with E-state index in [1.54, 1.807) is 7.11 Å². The van der Waals surface area contributed by atoms with Crippen molar-refractivity contribution in [1.82, 2.24) is 9.80 Å². The maximum absolute atomic E-state index is 10.7. The van der Waals surface area contributed by atoms with Gasteiger partial charge < -0.3 is 9.84 Å². The molecule has 20 heavy (non-hydrogen) atoms. The standard InChI is InChI=1S/C15H22N2O3/c1-12(13-4-3-5-14(10-13)20-2)17-8-6-16(7-9-17)11-15(18)19/h3-5,10,12H,6-9,11H2,1-2H3,(H,18,19)/t12-/m0/s1. The van der Waals surface area contributed by atoms with Crippen LogP contribution in [0.25, 0.3) is 0 Å². The van der Waals surface area contributed by atoms with Crippen molar-refractivity contribution in [2.45, 2.75) is 13.0 Å². The second-order valence-corrected chi connectivity index (χ2v) is 5.16. The zero-order valence-corrected chi connectivity index (χ0v) is 12.1. The Bertz CT molecular complexity index is 456. The summed E-state index contributed by atoms with van der Waals surface area (Å²) in [7, 11) is 1.68. The highest BCUT2D eigenvalue weighted by Crippen LogP contribution is 2.24. The van der Waals surface area contributed by atoms with Gasteiger partial charge in [0.1, 0.15) is 5.75 Å². The molecule has 2 rings (SSSR count). The molecule has 1 saturated heterocycles. The fourth-order valence-corrected chi connectivity index (χ4v) is 2.61. The van der Waals surface area contributed by atoms with Crippen LogP contribution in [0.15, 0.2) is 24.3 Å². The van der Waals surface area contributed by atoms with Crippen LogP contribution in [0.1, 0.15) is 18.5 Å². The SMILES string of the molecule is COc1cccc([C@H](C)N2CCN(CC(=O)O)CC2)c1. The number of hydrogen-bond donors (Lipinski definition) is 1. The fourth-order valence-electron chi connectivity index (χ4n) is 2.61. The van der Waals surface area contributed by atoms with Crippen LogP contribution in [0, 0.1) is 0 Å². The fraction of sp³-hybridized carbons (Fsp3) is 0.533. The van der Waals surface area contributed by atoms with Crippen LogP contribution in [0.3, 0.4) is 0 Å². The number of rotatable bonds is 5. The second-order valence-electron chi connectivity index (χ2n) is 5.16. The molecule has 0 bridgehead atoms. The molecule has 0 spiro atoms. The average Bonchev–Trinajstić information content (AvgIpc) is 2.47. The Hall–Kier alpha value is -1.59. The highest BCUT2D eigenvalue weighted by atomic mass is 16.5. The number of carbonyl (C=O) groups is 1. The summed E-state index contributed by atoms with van der Waals surface area (Å²) >= 11 is 0. The van der Waals surface area contributed by atoms with Gasteiger partial charge in [-0.3, -0.25) is 14.6 Å². The Labute approximate surface area is 119 Å². The van der Waals surface area contributed by atoms with Crippen molar-refractivity contribution >= 4 is 5.97 Å². The Morgan fingerprint density at radius 1 is 1.35 bits per heavy atom. The summed E-state index contributed by atoms with van der Waals surface area (Å²) in [5.74, 6) is 0.123. The smallest absolute Gasteiger partial charge is 0.317 e. The van der Waals surface area contributed by atoms with Crippen LogP contribution in [0.5, 0.6) is 5.75 Å². The van der Waals surface area contributed by atoms with Gasteiger partial charge in [-0.1, -0.05) is 12.1 Å². The van der Waals surface area contributed by atoms with Crippen molar-refractivity contribution in [3.8, 4) is 5.75 Å². The minimum atomic E-state index is -0.751. The van der Waals surface area contributed by atoms with E-state index in [1.165, 1.54) is 5.56 Å². The molecular formula is C15H22N2O3. The van der Waals surface area contributed by atoms with Crippen molar-refractivity contribution in [3.63, 3.8) is 0 Å². The lowest BCUT2D eigenvalue weighted by Gasteiger charge is -2.37. The molecule has 0 aromatic heterocycles. The molecule has 0 saturated carbocycles. The lowest BCUT2D eigenvalue weighted by molar-refractivity contribution is -0.138. The lowest BCUT2D eigenvalue weighted by Crippen LogP contribution is -2.48. The number of carboxylic acids is 1. The molecular weight excluding hydrogens is 256 g/mol. The monoisotopic (exact) mass is 278 g/mol. The molecule has 1 aliphatic rings. The number of carboxylic acid groups (broad SMARTS) is 1. The summed E-state index contributed by atoms with van der Waals surface area (Å²) < 4.78 is 5.26. The van der Waals surface area contributed by atoms with Crippen molar-refractivity contribution < 1.29 is 14.6 Å². The van der Waals surface area contributed by atoms with Crippen LogP contribution in [-0.2, 0) is 4.79 Å². The zero-order chi connectivity index (χ0) is 14.5. The van der Waals surface area contributed by atoms with E-state index in [2.05, 4.69) is 24.0 Å². The number of hydrogen-bond acceptors (Lipinski definition) is 4. The Morgan fingerprint density at radius 2 is 2.05 bits per heavy atom. The highest BCUT2D eigenvalue weighted by Gasteiger charge is 2.23. The molecule has 0 unspecified atom stereocenters. The van der Waals surface area contributed by atoms with E-state index >= 15 is 0 Å². The molecule has 1 aromatic rings. The lowest BCUT2D eigenvalue weighted by atomic mass is 10.1. The third-order valence-electron chi connectivity index (χ3n) is 3.89. The number of aliphatic carboxylic acids is 1. The summed E-state index contributed by atoms with van der Waals surface area (Å²) in [6.45, 7) is 5.72. The zero-order valence-electron chi connectivity index (χ0n) is 12.1. The summed E-state index contributed by atoms with van der Waals surface area (Å²) in [4.78, 5) is 15.1. The van der Waals surface area contributed by atoms with E-state index in [1.807, 2.05) is 17.0 Å². The van der Waals surface area contributed by atoms with Crippen molar-refractivity contribution in [1.29, 1.82) is 0 Å². The Kier molecular flexibility index (Phi) is 4.98. The highest BCUT2D eigenvalue weighted by molar-refractivity contribution is 5.69. The summed E-state index contributed by atoms with van der Waals surface area (Å²) in [5, 5.41) is 8.81. The van der Waals surface area contributed by atoms with E-state index in [9.17, 15) is 4.79 Å². The number of ether oxygens (including phenoxy) is 1. The van der Waals surface area contributed by atoms with Gasteiger partial charge in [0, 0.05) is 32.2 Å². The maximum Gasteiger partial charge on any atom is 0.317 e. The molecule has 1 heterocycles. The summed E-state index contributed by atoms with van der Waals surface area (Å²) in [6.07, 6.45) is 0. The predicted octanol–water partition coefficient (Wildman–Crippen LogP) is 1.46. The molecule has 1 fully saturated rings. The largest absolute Gasteiger partial charge is 0.497 e. The minimum Gasteiger partial charge on any atom is -0.497 e. The molecule has 1 atom stereocenters. The third kappa shape index (κ3) is 3.71. The van der Waals surface area contributed by atoms with Crippen LogP contribution in [0.4, 0.5) is 0 Å². The molecule has 1 aromatic carbocycles. The van der Waals surface area contributed by atoms with Crippen molar-refractivity contribution in [3.05, 3.63) is 29.8 Å². The predicted molar refractivity (Wildman–Crippen MR) is 77.1 cm³/mol. The molecule has 1 aliphatic heterocycles. The Morgan fingerprint density at radius 3 is 2.65 bits per heavy atom. The first-order chi connectivity index (χ1) is 9.60. The molecule has 1 N–H and O–H groups in total. The van der Waals surface area contributed by atoms with Crippen LogP contribution in [-0.4, -0.2) is 60.7 Å². The van der Waals surface area contributed by atoms with Gasteiger partial charge in [-0.2, -0.15) is 0 Å². The molecule has 0 radical (unpaired) electrons. The van der Waals surface area contributed by atoms with E-state index < -0.39 is 5.97 Å². The van der Waals surface area contributed by atoms with Gasteiger partial charge in [0.25, 0.3) is 0 Å². The number of nitrogens with zero attached hydrogens (tertiary/aromatic N) is 2. The minimum absolute atomic E-state index is 0.140.